The van der Waals surface area contributed by atoms with E-state index in [1.54, 1.807) is 11.8 Å². The molecule has 1 aromatic heterocycles. The number of hydrogen-bond donors (Lipinski definition) is 2. The van der Waals surface area contributed by atoms with Crippen molar-refractivity contribution in [3.05, 3.63) is 23.9 Å². The molecule has 3 nitrogen and oxygen atoms in total. The van der Waals surface area contributed by atoms with Crippen LogP contribution in [0.1, 0.15) is 18.5 Å². The number of nitrogens with one attached hydrogen (secondary N) is 1. The van der Waals surface area contributed by atoms with Gasteiger partial charge in [-0.1, -0.05) is 0 Å². The van der Waals surface area contributed by atoms with E-state index in [2.05, 4.69) is 23.3 Å². The van der Waals surface area contributed by atoms with Gasteiger partial charge in [-0.15, -0.1) is 11.8 Å². The molecule has 1 rings (SSSR count). The van der Waals surface area contributed by atoms with Crippen LogP contribution in [0, 0.1) is 0 Å². The second kappa shape index (κ2) is 6.01. The summed E-state index contributed by atoms with van der Waals surface area (Å²) in [7, 11) is 1.94. The summed E-state index contributed by atoms with van der Waals surface area (Å²) in [5, 5.41) is 12.8. The maximum Gasteiger partial charge on any atom is 0.0963 e. The van der Waals surface area contributed by atoms with Crippen LogP contribution in [0.2, 0.25) is 0 Å². The molecule has 0 aliphatic heterocycles. The summed E-state index contributed by atoms with van der Waals surface area (Å²) < 4.78 is 0. The zero-order chi connectivity index (χ0) is 10.4. The Balaban J connectivity index is 2.68. The summed E-state index contributed by atoms with van der Waals surface area (Å²) >= 11 is 1.57. The van der Waals surface area contributed by atoms with Crippen LogP contribution in [-0.4, -0.2) is 29.5 Å². The van der Waals surface area contributed by atoms with Crippen LogP contribution in [-0.2, 0) is 0 Å². The molecule has 1 heterocycles. The summed E-state index contributed by atoms with van der Waals surface area (Å²) in [5.74, 6) is 0.699. The fourth-order valence-corrected chi connectivity index (χ4v) is 1.75. The second-order valence-corrected chi connectivity index (χ2v) is 4.13. The van der Waals surface area contributed by atoms with Gasteiger partial charge in [0.2, 0.25) is 0 Å². The number of thioether (sulfide) groups is 1. The molecule has 1 atom stereocenters. The Kier molecular flexibility index (Phi) is 4.93. The molecule has 0 aromatic carbocycles. The minimum atomic E-state index is 0.193. The Bertz CT molecular complexity index is 281. The van der Waals surface area contributed by atoms with E-state index < -0.39 is 0 Å². The number of pyridine rings is 1. The first-order valence-corrected chi connectivity index (χ1v) is 5.63. The minimum absolute atomic E-state index is 0.193. The number of aliphatic hydroxyl groups excluding tert-OH is 1. The van der Waals surface area contributed by atoms with Crippen LogP contribution in [0.5, 0.6) is 0 Å². The Morgan fingerprint density at radius 1 is 1.64 bits per heavy atom. The highest BCUT2D eigenvalue weighted by atomic mass is 32.2. The molecule has 4 heteroatoms. The van der Waals surface area contributed by atoms with Gasteiger partial charge in [0.05, 0.1) is 11.6 Å². The third-order valence-corrected chi connectivity index (χ3v) is 2.94. The molecule has 0 fully saturated rings. The van der Waals surface area contributed by atoms with Gasteiger partial charge in [0, 0.05) is 18.0 Å². The monoisotopic (exact) mass is 212 g/mol. The van der Waals surface area contributed by atoms with E-state index in [1.807, 2.05) is 19.3 Å². The molecule has 0 aliphatic rings. The second-order valence-electron chi connectivity index (χ2n) is 3.01. The minimum Gasteiger partial charge on any atom is -0.396 e. The molecule has 0 aliphatic carbocycles. The van der Waals surface area contributed by atoms with Crippen molar-refractivity contribution in [2.45, 2.75) is 18.0 Å². The molecule has 0 amide bonds. The van der Waals surface area contributed by atoms with E-state index in [-0.39, 0.29) is 6.61 Å². The molecule has 0 saturated carbocycles. The van der Waals surface area contributed by atoms with Gasteiger partial charge >= 0.3 is 0 Å². The van der Waals surface area contributed by atoms with E-state index in [0.29, 0.717) is 11.8 Å². The highest BCUT2D eigenvalue weighted by molar-refractivity contribution is 7.99. The van der Waals surface area contributed by atoms with E-state index in [1.165, 1.54) is 5.56 Å². The van der Waals surface area contributed by atoms with Crippen molar-refractivity contribution in [1.82, 2.24) is 10.3 Å². The van der Waals surface area contributed by atoms with Crippen LogP contribution in [0.4, 0.5) is 0 Å². The number of aromatic nitrogens is 1. The maximum atomic E-state index is 8.69. The van der Waals surface area contributed by atoms with E-state index >= 15 is 0 Å². The molecule has 78 valence electrons. The molecule has 14 heavy (non-hydrogen) atoms. The summed E-state index contributed by atoms with van der Waals surface area (Å²) in [6.07, 6.45) is 1.81. The fraction of sp³-hybridized carbons (Fsp3) is 0.500. The van der Waals surface area contributed by atoms with Crippen LogP contribution < -0.4 is 5.32 Å². The van der Waals surface area contributed by atoms with Crippen molar-refractivity contribution >= 4 is 11.8 Å². The Hall–Kier alpha value is -0.580. The summed E-state index contributed by atoms with van der Waals surface area (Å²) in [6, 6.07) is 4.40. The van der Waals surface area contributed by atoms with E-state index in [9.17, 15) is 0 Å². The lowest BCUT2D eigenvalue weighted by Gasteiger charge is -2.10. The molecule has 0 spiro atoms. The largest absolute Gasteiger partial charge is 0.396 e. The predicted octanol–water partition coefficient (Wildman–Crippen LogP) is 1.45. The lowest BCUT2D eigenvalue weighted by atomic mass is 10.1. The van der Waals surface area contributed by atoms with Crippen molar-refractivity contribution in [3.8, 4) is 0 Å². The van der Waals surface area contributed by atoms with Gasteiger partial charge in [-0.2, -0.15) is 0 Å². The number of hydrogen-bond acceptors (Lipinski definition) is 4. The summed E-state index contributed by atoms with van der Waals surface area (Å²) in [5.41, 5.74) is 1.22. The van der Waals surface area contributed by atoms with Gasteiger partial charge in [-0.25, -0.2) is 4.98 Å². The molecular formula is C10H16N2OS. The molecule has 1 aromatic rings. The number of aliphatic hydroxyl groups is 1. The first-order chi connectivity index (χ1) is 6.77. The average Bonchev–Trinajstić information content (AvgIpc) is 2.25. The molecular weight excluding hydrogens is 196 g/mol. The van der Waals surface area contributed by atoms with Crippen molar-refractivity contribution in [2.24, 2.45) is 0 Å². The van der Waals surface area contributed by atoms with Crippen molar-refractivity contribution in [3.63, 3.8) is 0 Å². The van der Waals surface area contributed by atoms with Gasteiger partial charge in [-0.3, -0.25) is 0 Å². The third-order valence-electron chi connectivity index (χ3n) is 2.03. The summed E-state index contributed by atoms with van der Waals surface area (Å²) in [4.78, 5) is 4.22. The topological polar surface area (TPSA) is 45.2 Å². The zero-order valence-corrected chi connectivity index (χ0v) is 9.34. The van der Waals surface area contributed by atoms with Crippen LogP contribution in [0.3, 0.4) is 0 Å². The number of nitrogens with zero attached hydrogens (tertiary/aromatic N) is 1. The molecule has 0 bridgehead atoms. The smallest absolute Gasteiger partial charge is 0.0963 e. The Morgan fingerprint density at radius 3 is 3.07 bits per heavy atom. The lowest BCUT2D eigenvalue weighted by Crippen LogP contribution is -2.12. The maximum absolute atomic E-state index is 8.69. The highest BCUT2D eigenvalue weighted by Crippen LogP contribution is 2.19. The molecule has 0 radical (unpaired) electrons. The third kappa shape index (κ3) is 3.29. The highest BCUT2D eigenvalue weighted by Gasteiger charge is 2.03. The molecule has 1 unspecified atom stereocenters. The Labute approximate surface area is 88.9 Å². The van der Waals surface area contributed by atoms with Crippen molar-refractivity contribution < 1.29 is 5.11 Å². The van der Waals surface area contributed by atoms with Crippen LogP contribution >= 0.6 is 11.8 Å². The van der Waals surface area contributed by atoms with Crippen molar-refractivity contribution in [2.75, 3.05) is 19.4 Å². The van der Waals surface area contributed by atoms with E-state index in [0.717, 1.165) is 5.03 Å². The average molecular weight is 212 g/mol. The van der Waals surface area contributed by atoms with Crippen molar-refractivity contribution in [1.29, 1.82) is 0 Å². The van der Waals surface area contributed by atoms with Gasteiger partial charge < -0.3 is 10.4 Å². The number of rotatable bonds is 5. The standard InChI is InChI=1S/C10H16N2OS/c1-8(11-2)9-3-4-12-10(7-9)14-6-5-13/h3-4,7-8,11,13H,5-6H2,1-2H3. The Morgan fingerprint density at radius 2 is 2.43 bits per heavy atom. The fourth-order valence-electron chi connectivity index (χ4n) is 1.09. The van der Waals surface area contributed by atoms with Crippen LogP contribution in [0.15, 0.2) is 23.4 Å². The first kappa shape index (κ1) is 11.5. The van der Waals surface area contributed by atoms with E-state index in [4.69, 9.17) is 5.11 Å². The normalized spacial score (nSPS) is 12.8. The van der Waals surface area contributed by atoms with Gasteiger partial charge in [0.25, 0.3) is 0 Å². The lowest BCUT2D eigenvalue weighted by molar-refractivity contribution is 0.322. The quantitative estimate of drug-likeness (QED) is 0.725. The zero-order valence-electron chi connectivity index (χ0n) is 8.53. The van der Waals surface area contributed by atoms with Gasteiger partial charge in [0.1, 0.15) is 0 Å². The van der Waals surface area contributed by atoms with Gasteiger partial charge in [-0.05, 0) is 31.7 Å². The first-order valence-electron chi connectivity index (χ1n) is 4.64. The van der Waals surface area contributed by atoms with Crippen LogP contribution in [0.25, 0.3) is 0 Å². The summed E-state index contributed by atoms with van der Waals surface area (Å²) in [6.45, 7) is 2.30. The van der Waals surface area contributed by atoms with Gasteiger partial charge in [0.15, 0.2) is 0 Å². The molecule has 0 saturated heterocycles. The SMILES string of the molecule is CNC(C)c1ccnc(SCCO)c1. The predicted molar refractivity (Wildman–Crippen MR) is 59.5 cm³/mol. The molecule has 2 N–H and O–H groups in total.